The fourth-order valence-corrected chi connectivity index (χ4v) is 6.30. The monoisotopic (exact) mass is 457 g/mol. The van der Waals surface area contributed by atoms with Crippen LogP contribution in [0.4, 0.5) is 0 Å². The Balaban J connectivity index is 1.40. The van der Waals surface area contributed by atoms with Crippen molar-refractivity contribution >= 4 is 23.6 Å². The van der Waals surface area contributed by atoms with E-state index in [1.54, 1.807) is 0 Å². The van der Waals surface area contributed by atoms with E-state index in [0.29, 0.717) is 24.9 Å². The lowest BCUT2D eigenvalue weighted by atomic mass is 9.86. The fraction of sp³-hybridized carbons (Fsp3) is 0.692. The summed E-state index contributed by atoms with van der Waals surface area (Å²) in [5.74, 6) is 3.04. The Morgan fingerprint density at radius 3 is 2.03 bits per heavy atom. The van der Waals surface area contributed by atoms with Crippen molar-refractivity contribution < 1.29 is 9.59 Å². The maximum atomic E-state index is 13.5. The lowest BCUT2D eigenvalue weighted by Gasteiger charge is -2.43. The summed E-state index contributed by atoms with van der Waals surface area (Å²) in [6.45, 7) is 11.3. The van der Waals surface area contributed by atoms with Crippen LogP contribution in [0.25, 0.3) is 0 Å². The van der Waals surface area contributed by atoms with Crippen LogP contribution in [0.3, 0.4) is 0 Å². The number of amides is 2. The van der Waals surface area contributed by atoms with E-state index in [1.165, 1.54) is 18.4 Å². The Hall–Kier alpha value is -1.53. The number of benzene rings is 1. The highest BCUT2D eigenvalue weighted by Crippen LogP contribution is 2.32. The van der Waals surface area contributed by atoms with Gasteiger partial charge in [-0.3, -0.25) is 14.5 Å². The van der Waals surface area contributed by atoms with E-state index in [2.05, 4.69) is 42.7 Å². The summed E-state index contributed by atoms with van der Waals surface area (Å²) in [5.41, 5.74) is 2.09. The standard InChI is InChI=1S/C26H39N3O2S/c1-26(2,3)22-10-8-21(9-11-22)24(30)28-14-12-27(13-15-28)23(20-6-4-5-7-20)25(31)29-16-18-32-19-17-29/h8-11,20,23H,4-7,12-19H2,1-3H3/t23-/m1/s1. The normalized spacial score (nSPS) is 22.2. The van der Waals surface area contributed by atoms with Crippen LogP contribution < -0.4 is 0 Å². The second-order valence-corrected chi connectivity index (χ2v) is 11.8. The van der Waals surface area contributed by atoms with Crippen molar-refractivity contribution in [3.63, 3.8) is 0 Å². The summed E-state index contributed by atoms with van der Waals surface area (Å²) < 4.78 is 0. The maximum Gasteiger partial charge on any atom is 0.253 e. The van der Waals surface area contributed by atoms with Gasteiger partial charge in [0.05, 0.1) is 6.04 Å². The number of carbonyl (C=O) groups excluding carboxylic acids is 2. The molecule has 0 spiro atoms. The molecule has 3 aliphatic rings. The molecule has 0 bridgehead atoms. The molecule has 1 atom stereocenters. The quantitative estimate of drug-likeness (QED) is 0.688. The average molecular weight is 458 g/mol. The molecule has 0 aromatic heterocycles. The van der Waals surface area contributed by atoms with E-state index in [4.69, 9.17) is 0 Å². The molecule has 32 heavy (non-hydrogen) atoms. The highest BCUT2D eigenvalue weighted by atomic mass is 32.2. The summed E-state index contributed by atoms with van der Waals surface area (Å²) in [6.07, 6.45) is 4.82. The lowest BCUT2D eigenvalue weighted by Crippen LogP contribution is -2.59. The van der Waals surface area contributed by atoms with Gasteiger partial charge in [0.2, 0.25) is 5.91 Å². The van der Waals surface area contributed by atoms with Crippen LogP contribution in [0.1, 0.15) is 62.4 Å². The van der Waals surface area contributed by atoms with Crippen LogP contribution in [0.15, 0.2) is 24.3 Å². The predicted octanol–water partition coefficient (Wildman–Crippen LogP) is 3.88. The highest BCUT2D eigenvalue weighted by molar-refractivity contribution is 7.99. The number of hydrogen-bond donors (Lipinski definition) is 0. The molecule has 1 aliphatic carbocycles. The summed E-state index contributed by atoms with van der Waals surface area (Å²) in [6, 6.07) is 8.09. The minimum atomic E-state index is 0.00363. The van der Waals surface area contributed by atoms with E-state index in [1.807, 2.05) is 28.8 Å². The minimum absolute atomic E-state index is 0.00363. The molecule has 4 rings (SSSR count). The van der Waals surface area contributed by atoms with Crippen molar-refractivity contribution in [2.45, 2.75) is 57.9 Å². The number of carbonyl (C=O) groups is 2. The van der Waals surface area contributed by atoms with Crippen molar-refractivity contribution in [2.75, 3.05) is 50.8 Å². The number of thioether (sulfide) groups is 1. The molecule has 176 valence electrons. The first-order chi connectivity index (χ1) is 15.3. The molecule has 3 fully saturated rings. The lowest BCUT2D eigenvalue weighted by molar-refractivity contribution is -0.139. The average Bonchev–Trinajstić information content (AvgIpc) is 3.34. The van der Waals surface area contributed by atoms with Gasteiger partial charge in [0.1, 0.15) is 0 Å². The molecular weight excluding hydrogens is 418 g/mol. The van der Waals surface area contributed by atoms with Crippen LogP contribution in [-0.4, -0.2) is 83.3 Å². The topological polar surface area (TPSA) is 43.9 Å². The molecular formula is C26H39N3O2S. The molecule has 1 aromatic rings. The van der Waals surface area contributed by atoms with E-state index < -0.39 is 0 Å². The maximum absolute atomic E-state index is 13.5. The zero-order valence-electron chi connectivity index (χ0n) is 20.0. The Morgan fingerprint density at radius 1 is 0.875 bits per heavy atom. The van der Waals surface area contributed by atoms with Gasteiger partial charge in [0.25, 0.3) is 5.91 Å². The molecule has 2 heterocycles. The largest absolute Gasteiger partial charge is 0.340 e. The van der Waals surface area contributed by atoms with Gasteiger partial charge in [-0.1, -0.05) is 45.7 Å². The number of hydrogen-bond acceptors (Lipinski definition) is 4. The van der Waals surface area contributed by atoms with Crippen molar-refractivity contribution in [3.8, 4) is 0 Å². The van der Waals surface area contributed by atoms with Gasteiger partial charge >= 0.3 is 0 Å². The van der Waals surface area contributed by atoms with Crippen LogP contribution in [0, 0.1) is 5.92 Å². The highest BCUT2D eigenvalue weighted by Gasteiger charge is 2.39. The minimum Gasteiger partial charge on any atom is -0.340 e. The van der Waals surface area contributed by atoms with E-state index in [-0.39, 0.29) is 17.4 Å². The third-order valence-electron chi connectivity index (χ3n) is 7.41. The Morgan fingerprint density at radius 2 is 1.47 bits per heavy atom. The zero-order valence-corrected chi connectivity index (χ0v) is 20.8. The first-order valence-corrected chi connectivity index (χ1v) is 13.5. The smallest absolute Gasteiger partial charge is 0.253 e. The second-order valence-electron chi connectivity index (χ2n) is 10.6. The molecule has 1 aromatic carbocycles. The first kappa shape index (κ1) is 23.6. The van der Waals surface area contributed by atoms with Crippen LogP contribution in [0.5, 0.6) is 0 Å². The fourth-order valence-electron chi connectivity index (χ4n) is 5.40. The Kier molecular flexibility index (Phi) is 7.51. The molecule has 1 saturated carbocycles. The molecule has 0 unspecified atom stereocenters. The van der Waals surface area contributed by atoms with Gasteiger partial charge in [-0.25, -0.2) is 0 Å². The third-order valence-corrected chi connectivity index (χ3v) is 8.36. The molecule has 0 radical (unpaired) electrons. The summed E-state index contributed by atoms with van der Waals surface area (Å²) in [4.78, 5) is 33.1. The molecule has 6 heteroatoms. The summed E-state index contributed by atoms with van der Waals surface area (Å²) in [5, 5.41) is 0. The van der Waals surface area contributed by atoms with Crippen molar-refractivity contribution in [2.24, 2.45) is 5.92 Å². The number of rotatable bonds is 4. The zero-order chi connectivity index (χ0) is 22.7. The van der Waals surface area contributed by atoms with Crippen LogP contribution in [-0.2, 0) is 10.2 Å². The molecule has 0 N–H and O–H groups in total. The van der Waals surface area contributed by atoms with Crippen molar-refractivity contribution in [3.05, 3.63) is 35.4 Å². The van der Waals surface area contributed by atoms with Gasteiger partial charge < -0.3 is 9.80 Å². The van der Waals surface area contributed by atoms with Gasteiger partial charge in [-0.15, -0.1) is 0 Å². The number of piperazine rings is 1. The van der Waals surface area contributed by atoms with Gasteiger partial charge in [-0.2, -0.15) is 11.8 Å². The summed E-state index contributed by atoms with van der Waals surface area (Å²) >= 11 is 1.95. The van der Waals surface area contributed by atoms with Gasteiger partial charge in [0.15, 0.2) is 0 Å². The molecule has 2 amide bonds. The molecule has 2 saturated heterocycles. The van der Waals surface area contributed by atoms with Crippen molar-refractivity contribution in [1.82, 2.24) is 14.7 Å². The van der Waals surface area contributed by atoms with E-state index in [0.717, 1.165) is 56.1 Å². The number of nitrogens with zero attached hydrogens (tertiary/aromatic N) is 3. The molecule has 5 nitrogen and oxygen atoms in total. The van der Waals surface area contributed by atoms with Crippen LogP contribution >= 0.6 is 11.8 Å². The Bertz CT molecular complexity index is 784. The summed E-state index contributed by atoms with van der Waals surface area (Å²) in [7, 11) is 0. The predicted molar refractivity (Wildman–Crippen MR) is 132 cm³/mol. The van der Waals surface area contributed by atoms with E-state index in [9.17, 15) is 9.59 Å². The Labute approximate surface area is 197 Å². The van der Waals surface area contributed by atoms with E-state index >= 15 is 0 Å². The second kappa shape index (κ2) is 10.2. The SMILES string of the molecule is CC(C)(C)c1ccc(C(=O)N2CCN([C@@H](C(=O)N3CCSCC3)C3CCCC3)CC2)cc1. The van der Waals surface area contributed by atoms with Gasteiger partial charge in [0, 0.05) is 56.3 Å². The van der Waals surface area contributed by atoms with Gasteiger partial charge in [-0.05, 0) is 41.9 Å². The molecule has 2 aliphatic heterocycles. The first-order valence-electron chi connectivity index (χ1n) is 12.3. The van der Waals surface area contributed by atoms with Crippen molar-refractivity contribution in [1.29, 1.82) is 0 Å². The van der Waals surface area contributed by atoms with Crippen LogP contribution in [0.2, 0.25) is 0 Å². The third kappa shape index (κ3) is 5.33.